The maximum Gasteiger partial charge on any atom is 0.296 e. The minimum atomic E-state index is -0.929. The fourth-order valence-corrected chi connectivity index (χ4v) is 4.17. The highest BCUT2D eigenvalue weighted by molar-refractivity contribution is 7.13. The molecule has 1 aliphatic rings. The highest BCUT2D eigenvalue weighted by atomic mass is 32.1. The molecule has 0 spiro atoms. The minimum Gasteiger partial charge on any atom is -0.504 e. The molecule has 8 heteroatoms. The summed E-state index contributed by atoms with van der Waals surface area (Å²) in [6, 6.07) is 12.9. The van der Waals surface area contributed by atoms with Crippen LogP contribution in [-0.4, -0.2) is 33.5 Å². The first-order valence-electron chi connectivity index (χ1n) is 9.90. The van der Waals surface area contributed by atoms with Crippen LogP contribution in [0.25, 0.3) is 6.08 Å². The van der Waals surface area contributed by atoms with Crippen molar-refractivity contribution in [2.24, 2.45) is 0 Å². The number of aliphatic hydroxyl groups excluding tert-OH is 1. The maximum atomic E-state index is 13.2. The Labute approximate surface area is 188 Å². The Kier molecular flexibility index (Phi) is 6.04. The number of carbonyl (C=O) groups is 2. The van der Waals surface area contributed by atoms with E-state index in [-0.39, 0.29) is 17.1 Å². The lowest BCUT2D eigenvalue weighted by molar-refractivity contribution is -0.117. The summed E-state index contributed by atoms with van der Waals surface area (Å²) in [6.07, 6.45) is 4.49. The molecule has 1 aromatic heterocycles. The Hall–Kier alpha value is -3.91. The molecule has 1 unspecified atom stereocenters. The Morgan fingerprint density at radius 3 is 2.69 bits per heavy atom. The number of aromatic hydroxyl groups is 1. The first-order valence-corrected chi connectivity index (χ1v) is 10.8. The number of ether oxygens (including phenoxy) is 1. The number of carbonyl (C=O) groups excluding carboxylic acids is 2. The Balaban J connectivity index is 1.79. The van der Waals surface area contributed by atoms with E-state index in [1.165, 1.54) is 28.4 Å². The summed E-state index contributed by atoms with van der Waals surface area (Å²) in [5.74, 6) is -1.69. The molecular formula is C24H20N2O5S. The number of aromatic nitrogens is 1. The van der Waals surface area contributed by atoms with Crippen molar-refractivity contribution in [3.8, 4) is 11.5 Å². The van der Waals surface area contributed by atoms with Crippen LogP contribution in [0.2, 0.25) is 0 Å². The van der Waals surface area contributed by atoms with Crippen LogP contribution in [0.3, 0.4) is 0 Å². The van der Waals surface area contributed by atoms with Gasteiger partial charge >= 0.3 is 0 Å². The Morgan fingerprint density at radius 2 is 2.00 bits per heavy atom. The lowest BCUT2D eigenvalue weighted by Crippen LogP contribution is -2.30. The molecule has 162 valence electrons. The van der Waals surface area contributed by atoms with Gasteiger partial charge in [-0.05, 0) is 36.3 Å². The Bertz CT molecular complexity index is 1200. The van der Waals surface area contributed by atoms with Crippen LogP contribution in [0.15, 0.2) is 77.5 Å². The molecule has 0 saturated carbocycles. The Morgan fingerprint density at radius 1 is 1.22 bits per heavy atom. The highest BCUT2D eigenvalue weighted by Crippen LogP contribution is 2.43. The number of ketones is 1. The van der Waals surface area contributed by atoms with Gasteiger partial charge in [-0.2, -0.15) is 0 Å². The number of allylic oxidation sites excluding steroid dienone is 1. The molecule has 7 nitrogen and oxygen atoms in total. The molecule has 0 radical (unpaired) electrons. The number of hydrogen-bond donors (Lipinski definition) is 2. The smallest absolute Gasteiger partial charge is 0.296 e. The molecule has 1 aliphatic heterocycles. The van der Waals surface area contributed by atoms with E-state index in [9.17, 15) is 19.8 Å². The summed E-state index contributed by atoms with van der Waals surface area (Å²) >= 11 is 1.21. The summed E-state index contributed by atoms with van der Waals surface area (Å²) in [5, 5.41) is 22.8. The third kappa shape index (κ3) is 4.00. The summed E-state index contributed by atoms with van der Waals surface area (Å²) in [6.45, 7) is 2.10. The number of hydrogen-bond acceptors (Lipinski definition) is 7. The van der Waals surface area contributed by atoms with Gasteiger partial charge in [-0.15, -0.1) is 11.3 Å². The van der Waals surface area contributed by atoms with Gasteiger partial charge in [0.1, 0.15) is 0 Å². The van der Waals surface area contributed by atoms with Crippen LogP contribution in [0.1, 0.15) is 24.1 Å². The highest BCUT2D eigenvalue weighted by Gasteiger charge is 2.45. The van der Waals surface area contributed by atoms with E-state index < -0.39 is 23.5 Å². The van der Waals surface area contributed by atoms with Gasteiger partial charge in [0, 0.05) is 11.6 Å². The van der Waals surface area contributed by atoms with E-state index in [1.807, 2.05) is 30.3 Å². The number of amides is 1. The number of rotatable bonds is 7. The molecule has 1 amide bonds. The SMILES string of the molecule is CCOc1cc(C2C(C(=O)/C=C/c3ccccc3)=C(O)C(=O)N2c2nccs2)ccc1O. The first kappa shape index (κ1) is 21.3. The summed E-state index contributed by atoms with van der Waals surface area (Å²) in [7, 11) is 0. The third-order valence-electron chi connectivity index (χ3n) is 4.93. The fraction of sp³-hybridized carbons (Fsp3) is 0.125. The normalized spacial score (nSPS) is 16.2. The average molecular weight is 449 g/mol. The molecule has 0 fully saturated rings. The van der Waals surface area contributed by atoms with Crippen molar-refractivity contribution < 1.29 is 24.5 Å². The molecule has 0 aliphatic carbocycles. The van der Waals surface area contributed by atoms with Gasteiger partial charge in [0.25, 0.3) is 5.91 Å². The van der Waals surface area contributed by atoms with Gasteiger partial charge in [-0.25, -0.2) is 4.98 Å². The second-order valence-corrected chi connectivity index (χ2v) is 7.80. The first-order chi connectivity index (χ1) is 15.5. The number of anilines is 1. The van der Waals surface area contributed by atoms with Crippen LogP contribution in [0.4, 0.5) is 5.13 Å². The molecule has 2 N–H and O–H groups in total. The van der Waals surface area contributed by atoms with E-state index >= 15 is 0 Å². The predicted octanol–water partition coefficient (Wildman–Crippen LogP) is 4.43. The zero-order valence-electron chi connectivity index (χ0n) is 17.1. The average Bonchev–Trinajstić information content (AvgIpc) is 3.41. The van der Waals surface area contributed by atoms with Gasteiger partial charge in [0.15, 0.2) is 28.2 Å². The standard InChI is InChI=1S/C24H20N2O5S/c1-2-31-19-14-16(9-11-17(19)27)21-20(18(28)10-8-15-6-4-3-5-7-15)22(29)23(30)26(21)24-25-12-13-32-24/h3-14,21,27,29H,2H2,1H3/b10-8+. The maximum absolute atomic E-state index is 13.2. The number of phenols is 1. The largest absolute Gasteiger partial charge is 0.504 e. The quantitative estimate of drug-likeness (QED) is 0.519. The molecular weight excluding hydrogens is 428 g/mol. The van der Waals surface area contributed by atoms with E-state index in [1.54, 1.807) is 36.7 Å². The molecule has 2 aromatic carbocycles. The van der Waals surface area contributed by atoms with Crippen molar-refractivity contribution in [1.29, 1.82) is 0 Å². The molecule has 0 saturated heterocycles. The van der Waals surface area contributed by atoms with E-state index in [0.29, 0.717) is 17.3 Å². The van der Waals surface area contributed by atoms with E-state index in [4.69, 9.17) is 4.74 Å². The zero-order chi connectivity index (χ0) is 22.7. The molecule has 0 bridgehead atoms. The summed E-state index contributed by atoms with van der Waals surface area (Å²) in [5.41, 5.74) is 1.24. The molecule has 1 atom stereocenters. The van der Waals surface area contributed by atoms with Gasteiger partial charge in [-0.1, -0.05) is 42.5 Å². The lowest BCUT2D eigenvalue weighted by atomic mass is 9.95. The fourth-order valence-electron chi connectivity index (χ4n) is 3.50. The third-order valence-corrected chi connectivity index (χ3v) is 5.70. The molecule has 3 aromatic rings. The second kappa shape index (κ2) is 9.07. The van der Waals surface area contributed by atoms with Crippen LogP contribution in [-0.2, 0) is 9.59 Å². The molecule has 4 rings (SSSR count). The number of aliphatic hydroxyl groups is 1. The number of nitrogens with zero attached hydrogens (tertiary/aromatic N) is 2. The topological polar surface area (TPSA) is 100.0 Å². The summed E-state index contributed by atoms with van der Waals surface area (Å²) < 4.78 is 5.47. The van der Waals surface area contributed by atoms with Gasteiger partial charge in [-0.3, -0.25) is 14.5 Å². The van der Waals surface area contributed by atoms with Crippen molar-refractivity contribution in [3.05, 3.63) is 88.6 Å². The van der Waals surface area contributed by atoms with Crippen LogP contribution in [0, 0.1) is 0 Å². The van der Waals surface area contributed by atoms with Crippen LogP contribution >= 0.6 is 11.3 Å². The van der Waals surface area contributed by atoms with Crippen molar-refractivity contribution in [3.63, 3.8) is 0 Å². The van der Waals surface area contributed by atoms with Gasteiger partial charge in [0.05, 0.1) is 18.2 Å². The van der Waals surface area contributed by atoms with Crippen molar-refractivity contribution in [2.75, 3.05) is 11.5 Å². The number of phenolic OH excluding ortho intramolecular Hbond substituents is 1. The van der Waals surface area contributed by atoms with Crippen LogP contribution < -0.4 is 9.64 Å². The van der Waals surface area contributed by atoms with Crippen molar-refractivity contribution in [2.45, 2.75) is 13.0 Å². The van der Waals surface area contributed by atoms with E-state index in [2.05, 4.69) is 4.98 Å². The molecule has 2 heterocycles. The zero-order valence-corrected chi connectivity index (χ0v) is 18.0. The number of thiazole rings is 1. The monoisotopic (exact) mass is 448 g/mol. The van der Waals surface area contributed by atoms with Crippen molar-refractivity contribution in [1.82, 2.24) is 4.98 Å². The van der Waals surface area contributed by atoms with Gasteiger partial charge in [0.2, 0.25) is 0 Å². The van der Waals surface area contributed by atoms with Crippen LogP contribution in [0.5, 0.6) is 11.5 Å². The van der Waals surface area contributed by atoms with Gasteiger partial charge < -0.3 is 14.9 Å². The molecule has 32 heavy (non-hydrogen) atoms. The lowest BCUT2D eigenvalue weighted by Gasteiger charge is -2.24. The van der Waals surface area contributed by atoms with E-state index in [0.717, 1.165) is 5.56 Å². The van der Waals surface area contributed by atoms with Crippen molar-refractivity contribution >= 4 is 34.2 Å². The number of benzene rings is 2. The minimum absolute atomic E-state index is 0.0641. The second-order valence-electron chi connectivity index (χ2n) is 6.92. The predicted molar refractivity (Wildman–Crippen MR) is 122 cm³/mol. The summed E-state index contributed by atoms with van der Waals surface area (Å²) in [4.78, 5) is 31.6.